The molecule has 0 aliphatic carbocycles. The van der Waals surface area contributed by atoms with Crippen molar-refractivity contribution in [3.05, 3.63) is 59.4 Å². The zero-order chi connectivity index (χ0) is 21.8. The Labute approximate surface area is 181 Å². The molecule has 0 bridgehead atoms. The topological polar surface area (TPSA) is 104 Å². The number of aliphatic carboxylic acids is 1. The van der Waals surface area contributed by atoms with Gasteiger partial charge in [-0.2, -0.15) is 0 Å². The number of pyridine rings is 1. The number of rotatable bonds is 6. The molecule has 2 aliphatic heterocycles. The van der Waals surface area contributed by atoms with Gasteiger partial charge in [0.25, 0.3) is 0 Å². The van der Waals surface area contributed by atoms with Gasteiger partial charge in [-0.25, -0.2) is 5.43 Å². The van der Waals surface area contributed by atoms with E-state index in [0.717, 1.165) is 29.8 Å². The third-order valence-corrected chi connectivity index (χ3v) is 6.31. The first-order valence-corrected chi connectivity index (χ1v) is 10.6. The highest BCUT2D eigenvalue weighted by Crippen LogP contribution is 2.36. The summed E-state index contributed by atoms with van der Waals surface area (Å²) >= 11 is 0. The number of carboxylic acid groups (broad SMARTS) is 1. The molecule has 3 N–H and O–H groups in total. The lowest BCUT2D eigenvalue weighted by molar-refractivity contribution is -0.148. The van der Waals surface area contributed by atoms with Gasteiger partial charge in [0.05, 0.1) is 23.3 Å². The number of aromatic nitrogens is 1. The molecule has 8 heteroatoms. The minimum atomic E-state index is -0.979. The maximum Gasteiger partial charge on any atom is 0.314 e. The first-order valence-electron chi connectivity index (χ1n) is 10.6. The summed E-state index contributed by atoms with van der Waals surface area (Å²) in [5.41, 5.74) is 7.94. The van der Waals surface area contributed by atoms with Crippen molar-refractivity contribution in [2.24, 2.45) is 0 Å². The van der Waals surface area contributed by atoms with E-state index in [4.69, 9.17) is 4.74 Å². The molecule has 0 radical (unpaired) electrons. The first-order chi connectivity index (χ1) is 15.0. The standard InChI is InChI=1S/C23H28N4O4/c1-16(28)27-11-8-23(9-12-27,22(29)30)18-4-2-3-17(13-18)15-31-19-5-6-20(24-14-19)21-7-10-25-26-21/h2-6,13-14,21,25-26H,7-12,15H2,1H3,(H,29,30). The second-order valence-electron chi connectivity index (χ2n) is 8.21. The lowest BCUT2D eigenvalue weighted by Gasteiger charge is -2.39. The Morgan fingerprint density at radius 3 is 2.68 bits per heavy atom. The van der Waals surface area contributed by atoms with Gasteiger partial charge in [0, 0.05) is 26.6 Å². The number of hydrogen-bond acceptors (Lipinski definition) is 6. The van der Waals surface area contributed by atoms with Crippen molar-refractivity contribution in [3.8, 4) is 5.75 Å². The van der Waals surface area contributed by atoms with Gasteiger partial charge in [0.15, 0.2) is 0 Å². The number of hydrazine groups is 1. The van der Waals surface area contributed by atoms with Crippen LogP contribution < -0.4 is 15.6 Å². The largest absolute Gasteiger partial charge is 0.487 e. The number of carbonyl (C=O) groups is 2. The second-order valence-corrected chi connectivity index (χ2v) is 8.21. The SMILES string of the molecule is CC(=O)N1CCC(C(=O)O)(c2cccc(COc3ccc(C4CCNN4)nc3)c2)CC1. The molecule has 3 heterocycles. The quantitative estimate of drug-likeness (QED) is 0.653. The van der Waals surface area contributed by atoms with Crippen molar-refractivity contribution in [3.63, 3.8) is 0 Å². The normalized spacial score (nSPS) is 20.4. The number of carboxylic acids is 1. The van der Waals surface area contributed by atoms with Crippen LogP contribution in [0.25, 0.3) is 0 Å². The van der Waals surface area contributed by atoms with Crippen LogP contribution in [0.5, 0.6) is 5.75 Å². The van der Waals surface area contributed by atoms with E-state index < -0.39 is 11.4 Å². The van der Waals surface area contributed by atoms with E-state index in [-0.39, 0.29) is 11.9 Å². The molecule has 31 heavy (non-hydrogen) atoms. The molecule has 4 rings (SSSR count). The van der Waals surface area contributed by atoms with Gasteiger partial charge >= 0.3 is 5.97 Å². The van der Waals surface area contributed by atoms with Crippen LogP contribution in [0.15, 0.2) is 42.6 Å². The highest BCUT2D eigenvalue weighted by molar-refractivity contribution is 5.82. The van der Waals surface area contributed by atoms with Gasteiger partial charge in [-0.05, 0) is 42.5 Å². The fourth-order valence-corrected chi connectivity index (χ4v) is 4.34. The number of nitrogens with zero attached hydrogens (tertiary/aromatic N) is 2. The second kappa shape index (κ2) is 9.03. The molecular formula is C23H28N4O4. The van der Waals surface area contributed by atoms with Gasteiger partial charge in [-0.3, -0.25) is 20.0 Å². The van der Waals surface area contributed by atoms with Gasteiger partial charge in [-0.1, -0.05) is 24.3 Å². The van der Waals surface area contributed by atoms with E-state index in [2.05, 4.69) is 15.8 Å². The summed E-state index contributed by atoms with van der Waals surface area (Å²) in [4.78, 5) is 30.1. The Morgan fingerprint density at radius 1 is 1.26 bits per heavy atom. The summed E-state index contributed by atoms with van der Waals surface area (Å²) in [5, 5.41) is 10.0. The van der Waals surface area contributed by atoms with Crippen LogP contribution in [0.4, 0.5) is 0 Å². The van der Waals surface area contributed by atoms with Crippen molar-refractivity contribution in [2.45, 2.75) is 44.2 Å². The highest BCUT2D eigenvalue weighted by Gasteiger charge is 2.43. The Bertz CT molecular complexity index is 933. The third-order valence-electron chi connectivity index (χ3n) is 6.31. The number of likely N-dealkylation sites (tertiary alicyclic amines) is 1. The summed E-state index contributed by atoms with van der Waals surface area (Å²) in [6.45, 7) is 3.67. The summed E-state index contributed by atoms with van der Waals surface area (Å²) in [5.74, 6) is -0.188. The van der Waals surface area contributed by atoms with Crippen LogP contribution in [0.2, 0.25) is 0 Å². The van der Waals surface area contributed by atoms with Crippen molar-refractivity contribution >= 4 is 11.9 Å². The molecule has 0 spiro atoms. The third kappa shape index (κ3) is 4.55. The minimum Gasteiger partial charge on any atom is -0.487 e. The maximum absolute atomic E-state index is 12.2. The van der Waals surface area contributed by atoms with E-state index >= 15 is 0 Å². The zero-order valence-corrected chi connectivity index (χ0v) is 17.6. The lowest BCUT2D eigenvalue weighted by Crippen LogP contribution is -2.48. The summed E-state index contributed by atoms with van der Waals surface area (Å²) < 4.78 is 5.90. The number of ether oxygens (including phenoxy) is 1. The minimum absolute atomic E-state index is 0.0132. The van der Waals surface area contributed by atoms with E-state index in [9.17, 15) is 14.7 Å². The Balaban J connectivity index is 1.44. The average molecular weight is 425 g/mol. The van der Waals surface area contributed by atoms with Crippen LogP contribution in [-0.4, -0.2) is 46.5 Å². The molecule has 2 saturated heterocycles. The Hall–Kier alpha value is -2.97. The predicted molar refractivity (Wildman–Crippen MR) is 114 cm³/mol. The first kappa shape index (κ1) is 21.3. The molecule has 1 amide bonds. The molecule has 2 aliphatic rings. The Morgan fingerprint density at radius 2 is 2.06 bits per heavy atom. The molecule has 1 aromatic heterocycles. The molecule has 164 valence electrons. The van der Waals surface area contributed by atoms with Crippen LogP contribution in [0, 0.1) is 0 Å². The Kier molecular flexibility index (Phi) is 6.20. The van der Waals surface area contributed by atoms with Gasteiger partial charge in [0.1, 0.15) is 12.4 Å². The zero-order valence-electron chi connectivity index (χ0n) is 17.6. The van der Waals surface area contributed by atoms with Crippen molar-refractivity contribution < 1.29 is 19.4 Å². The molecule has 1 atom stereocenters. The lowest BCUT2D eigenvalue weighted by atomic mass is 9.72. The van der Waals surface area contributed by atoms with Crippen LogP contribution in [0.3, 0.4) is 0 Å². The van der Waals surface area contributed by atoms with E-state index in [1.807, 2.05) is 36.4 Å². The monoisotopic (exact) mass is 424 g/mol. The van der Waals surface area contributed by atoms with Crippen molar-refractivity contribution in [1.29, 1.82) is 0 Å². The van der Waals surface area contributed by atoms with Crippen LogP contribution >= 0.6 is 0 Å². The van der Waals surface area contributed by atoms with E-state index in [0.29, 0.717) is 38.3 Å². The summed E-state index contributed by atoms with van der Waals surface area (Å²) in [6.07, 6.45) is 3.52. The molecule has 0 saturated carbocycles. The number of carbonyl (C=O) groups excluding carboxylic acids is 1. The molecular weight excluding hydrogens is 396 g/mol. The van der Waals surface area contributed by atoms with E-state index in [1.165, 1.54) is 6.92 Å². The molecule has 2 aromatic rings. The number of benzene rings is 1. The van der Waals surface area contributed by atoms with Crippen molar-refractivity contribution in [2.75, 3.05) is 19.6 Å². The molecule has 8 nitrogen and oxygen atoms in total. The van der Waals surface area contributed by atoms with Crippen LogP contribution in [0.1, 0.15) is 49.0 Å². The van der Waals surface area contributed by atoms with Gasteiger partial charge in [0.2, 0.25) is 5.91 Å². The average Bonchev–Trinajstić information content (AvgIpc) is 3.33. The van der Waals surface area contributed by atoms with Crippen molar-refractivity contribution in [1.82, 2.24) is 20.7 Å². The number of piperidine rings is 1. The fraction of sp³-hybridized carbons (Fsp3) is 0.435. The van der Waals surface area contributed by atoms with Crippen LogP contribution in [-0.2, 0) is 21.6 Å². The van der Waals surface area contributed by atoms with Gasteiger partial charge in [-0.15, -0.1) is 0 Å². The highest BCUT2D eigenvalue weighted by atomic mass is 16.5. The number of nitrogens with one attached hydrogen (secondary N) is 2. The van der Waals surface area contributed by atoms with E-state index in [1.54, 1.807) is 11.1 Å². The molecule has 1 aromatic carbocycles. The fourth-order valence-electron chi connectivity index (χ4n) is 4.34. The maximum atomic E-state index is 12.2. The number of amides is 1. The smallest absolute Gasteiger partial charge is 0.314 e. The summed E-state index contributed by atoms with van der Waals surface area (Å²) in [6, 6.07) is 11.7. The molecule has 2 fully saturated rings. The predicted octanol–water partition coefficient (Wildman–Crippen LogP) is 2.16. The number of hydrogen-bond donors (Lipinski definition) is 3. The molecule has 1 unspecified atom stereocenters. The summed E-state index contributed by atoms with van der Waals surface area (Å²) in [7, 11) is 0. The van der Waals surface area contributed by atoms with Gasteiger partial charge < -0.3 is 14.7 Å².